The summed E-state index contributed by atoms with van der Waals surface area (Å²) < 4.78 is 4.58. The van der Waals surface area contributed by atoms with Crippen molar-refractivity contribution >= 4 is 17.7 Å². The Kier molecular flexibility index (Phi) is 3.40. The second kappa shape index (κ2) is 4.99. The van der Waals surface area contributed by atoms with Gasteiger partial charge in [-0.15, -0.1) is 0 Å². The molecule has 18 heavy (non-hydrogen) atoms. The number of rotatable bonds is 2. The molecule has 0 spiro atoms. The van der Waals surface area contributed by atoms with Gasteiger partial charge in [-0.2, -0.15) is 0 Å². The third-order valence-corrected chi connectivity index (χ3v) is 2.80. The van der Waals surface area contributed by atoms with Gasteiger partial charge in [0.05, 0.1) is 26.0 Å². The quantitative estimate of drug-likeness (QED) is 0.661. The Hall–Kier alpha value is -2.18. The number of aromatic nitrogens is 2. The Labute approximate surface area is 104 Å². The van der Waals surface area contributed by atoms with Crippen LogP contribution in [0, 0.1) is 0 Å². The molecule has 0 N–H and O–H groups in total. The van der Waals surface area contributed by atoms with E-state index in [-0.39, 0.29) is 18.1 Å². The second-order valence-corrected chi connectivity index (χ2v) is 3.99. The van der Waals surface area contributed by atoms with E-state index in [1.165, 1.54) is 19.5 Å². The van der Waals surface area contributed by atoms with E-state index >= 15 is 0 Å². The molecular formula is C11H14N4O3. The normalized spacial score (nSPS) is 15.8. The smallest absolute Gasteiger partial charge is 0.358 e. The van der Waals surface area contributed by atoms with E-state index in [0.717, 1.165) is 0 Å². The molecule has 0 saturated carbocycles. The molecule has 1 aliphatic heterocycles. The predicted octanol–water partition coefficient (Wildman–Crippen LogP) is -0.458. The summed E-state index contributed by atoms with van der Waals surface area (Å²) in [6, 6.07) is 0. The number of carbonyl (C=O) groups is 2. The monoisotopic (exact) mass is 250 g/mol. The summed E-state index contributed by atoms with van der Waals surface area (Å²) in [5.74, 6) is -0.00400. The van der Waals surface area contributed by atoms with Crippen molar-refractivity contribution in [2.45, 2.75) is 0 Å². The number of hydrogen-bond donors (Lipinski definition) is 0. The molecule has 0 atom stereocenters. The van der Waals surface area contributed by atoms with Gasteiger partial charge in [-0.1, -0.05) is 0 Å². The fraction of sp³-hybridized carbons (Fsp3) is 0.455. The van der Waals surface area contributed by atoms with E-state index in [9.17, 15) is 9.59 Å². The number of methoxy groups -OCH3 is 1. The van der Waals surface area contributed by atoms with E-state index in [0.29, 0.717) is 18.9 Å². The molecule has 1 fully saturated rings. The number of esters is 1. The summed E-state index contributed by atoms with van der Waals surface area (Å²) in [6.45, 7) is 1.54. The van der Waals surface area contributed by atoms with Crippen LogP contribution in [0.15, 0.2) is 12.4 Å². The van der Waals surface area contributed by atoms with Crippen molar-refractivity contribution in [2.75, 3.05) is 38.7 Å². The van der Waals surface area contributed by atoms with Crippen molar-refractivity contribution in [3.63, 3.8) is 0 Å². The van der Waals surface area contributed by atoms with Crippen LogP contribution in [0.5, 0.6) is 0 Å². The summed E-state index contributed by atoms with van der Waals surface area (Å²) >= 11 is 0. The zero-order valence-electron chi connectivity index (χ0n) is 10.3. The van der Waals surface area contributed by atoms with Gasteiger partial charge in [-0.3, -0.25) is 9.78 Å². The number of ether oxygens (including phenoxy) is 1. The lowest BCUT2D eigenvalue weighted by molar-refractivity contribution is -0.129. The van der Waals surface area contributed by atoms with Crippen LogP contribution in [0.3, 0.4) is 0 Å². The number of hydrogen-bond acceptors (Lipinski definition) is 6. The molecule has 0 bridgehead atoms. The van der Waals surface area contributed by atoms with Gasteiger partial charge in [0.2, 0.25) is 5.91 Å². The molecule has 0 aliphatic carbocycles. The Morgan fingerprint density at radius 1 is 1.39 bits per heavy atom. The maximum atomic E-state index is 11.6. The van der Waals surface area contributed by atoms with E-state index in [1.807, 2.05) is 0 Å². The number of piperazine rings is 1. The minimum Gasteiger partial charge on any atom is -0.464 e. The van der Waals surface area contributed by atoms with Crippen molar-refractivity contribution in [3.8, 4) is 0 Å². The van der Waals surface area contributed by atoms with E-state index in [2.05, 4.69) is 14.7 Å². The fourth-order valence-corrected chi connectivity index (χ4v) is 1.66. The van der Waals surface area contributed by atoms with Crippen molar-refractivity contribution in [2.24, 2.45) is 0 Å². The molecule has 0 radical (unpaired) electrons. The third-order valence-electron chi connectivity index (χ3n) is 2.80. The van der Waals surface area contributed by atoms with Gasteiger partial charge < -0.3 is 14.5 Å². The maximum Gasteiger partial charge on any atom is 0.358 e. The van der Waals surface area contributed by atoms with Crippen LogP contribution in [0.4, 0.5) is 5.82 Å². The average Bonchev–Trinajstić information content (AvgIpc) is 2.41. The van der Waals surface area contributed by atoms with Crippen molar-refractivity contribution < 1.29 is 14.3 Å². The molecule has 1 aromatic rings. The first kappa shape index (κ1) is 12.3. The average molecular weight is 250 g/mol. The van der Waals surface area contributed by atoms with Crippen LogP contribution in [0.2, 0.25) is 0 Å². The molecule has 1 aromatic heterocycles. The van der Waals surface area contributed by atoms with Crippen LogP contribution < -0.4 is 4.90 Å². The summed E-state index contributed by atoms with van der Waals surface area (Å²) in [6.07, 6.45) is 2.87. The molecule has 1 saturated heterocycles. The fourth-order valence-electron chi connectivity index (χ4n) is 1.66. The number of anilines is 1. The number of nitrogens with zero attached hydrogens (tertiary/aromatic N) is 4. The first-order valence-corrected chi connectivity index (χ1v) is 5.51. The minimum atomic E-state index is -0.537. The molecule has 2 rings (SSSR count). The lowest BCUT2D eigenvalue weighted by Gasteiger charge is -2.32. The predicted molar refractivity (Wildman–Crippen MR) is 63.2 cm³/mol. The van der Waals surface area contributed by atoms with Crippen LogP contribution in [-0.2, 0) is 9.53 Å². The number of likely N-dealkylation sites (N-methyl/N-ethyl adjacent to an activating group) is 1. The van der Waals surface area contributed by atoms with Crippen molar-refractivity contribution in [1.82, 2.24) is 14.9 Å². The molecule has 1 amide bonds. The van der Waals surface area contributed by atoms with Crippen LogP contribution in [0.1, 0.15) is 10.5 Å². The summed E-state index contributed by atoms with van der Waals surface area (Å²) in [5, 5.41) is 0. The first-order valence-electron chi connectivity index (χ1n) is 5.51. The second-order valence-electron chi connectivity index (χ2n) is 3.99. The zero-order chi connectivity index (χ0) is 13.1. The lowest BCUT2D eigenvalue weighted by atomic mass is 10.3. The summed E-state index contributed by atoms with van der Waals surface area (Å²) in [5.41, 5.74) is 0.140. The summed E-state index contributed by atoms with van der Waals surface area (Å²) in [7, 11) is 3.05. The minimum absolute atomic E-state index is 0.0199. The van der Waals surface area contributed by atoms with Gasteiger partial charge in [0.15, 0.2) is 5.69 Å². The van der Waals surface area contributed by atoms with Gasteiger partial charge in [0.25, 0.3) is 0 Å². The van der Waals surface area contributed by atoms with Gasteiger partial charge >= 0.3 is 5.97 Å². The largest absolute Gasteiger partial charge is 0.464 e. The number of amides is 1. The number of carbonyl (C=O) groups excluding carboxylic acids is 2. The summed E-state index contributed by atoms with van der Waals surface area (Å²) in [4.78, 5) is 34.5. The van der Waals surface area contributed by atoms with Crippen LogP contribution in [-0.4, -0.2) is 60.5 Å². The molecule has 7 nitrogen and oxygen atoms in total. The molecule has 0 unspecified atom stereocenters. The first-order chi connectivity index (χ1) is 8.61. The highest BCUT2D eigenvalue weighted by atomic mass is 16.5. The molecule has 1 aliphatic rings. The molecule has 2 heterocycles. The van der Waals surface area contributed by atoms with E-state index < -0.39 is 5.97 Å². The van der Waals surface area contributed by atoms with Gasteiger partial charge in [0, 0.05) is 20.1 Å². The molecular weight excluding hydrogens is 236 g/mol. The Morgan fingerprint density at radius 2 is 2.17 bits per heavy atom. The Morgan fingerprint density at radius 3 is 2.83 bits per heavy atom. The Bertz CT molecular complexity index is 477. The van der Waals surface area contributed by atoms with Crippen LogP contribution >= 0.6 is 0 Å². The van der Waals surface area contributed by atoms with E-state index in [1.54, 1.807) is 16.8 Å². The van der Waals surface area contributed by atoms with Crippen molar-refractivity contribution in [1.29, 1.82) is 0 Å². The molecule has 7 heteroatoms. The highest BCUT2D eigenvalue weighted by molar-refractivity contribution is 5.87. The molecule has 96 valence electrons. The lowest BCUT2D eigenvalue weighted by Crippen LogP contribution is -2.48. The van der Waals surface area contributed by atoms with Crippen molar-refractivity contribution in [3.05, 3.63) is 18.1 Å². The standard InChI is InChI=1S/C11H14N4O3/c1-14-3-4-15(7-10(14)16)9-6-12-5-8(13-9)11(17)18-2/h5-6H,3-4,7H2,1-2H3. The molecule has 0 aromatic carbocycles. The zero-order valence-corrected chi connectivity index (χ0v) is 10.3. The maximum absolute atomic E-state index is 11.6. The van der Waals surface area contributed by atoms with Gasteiger partial charge in [-0.05, 0) is 0 Å². The SMILES string of the molecule is COC(=O)c1cncc(N2CCN(C)C(=O)C2)n1. The third kappa shape index (κ3) is 2.39. The topological polar surface area (TPSA) is 75.6 Å². The van der Waals surface area contributed by atoms with Crippen LogP contribution in [0.25, 0.3) is 0 Å². The van der Waals surface area contributed by atoms with Gasteiger partial charge in [-0.25, -0.2) is 9.78 Å². The highest BCUT2D eigenvalue weighted by Gasteiger charge is 2.22. The van der Waals surface area contributed by atoms with Gasteiger partial charge in [0.1, 0.15) is 5.82 Å². The highest BCUT2D eigenvalue weighted by Crippen LogP contribution is 2.13. The Balaban J connectivity index is 2.18. The van der Waals surface area contributed by atoms with E-state index in [4.69, 9.17) is 0 Å².